The highest BCUT2D eigenvalue weighted by Gasteiger charge is 2.11. The van der Waals surface area contributed by atoms with Crippen molar-refractivity contribution in [3.8, 4) is 5.75 Å². The van der Waals surface area contributed by atoms with E-state index in [1.54, 1.807) is 30.3 Å². The number of nitrogens with one attached hydrogen (secondary N) is 1. The van der Waals surface area contributed by atoms with Crippen molar-refractivity contribution in [1.29, 1.82) is 0 Å². The number of nitrogen functional groups attached to an aromatic ring is 1. The van der Waals surface area contributed by atoms with E-state index < -0.39 is 0 Å². The average Bonchev–Trinajstić information content (AvgIpc) is 2.42. The lowest BCUT2D eigenvalue weighted by atomic mass is 10.1. The first-order valence-corrected chi connectivity index (χ1v) is 7.80. The van der Waals surface area contributed by atoms with Crippen LogP contribution in [0, 0.1) is 6.92 Å². The molecule has 0 saturated carbocycles. The summed E-state index contributed by atoms with van der Waals surface area (Å²) in [5.74, 6) is 0.570. The molecule has 0 unspecified atom stereocenters. The number of carbonyl (C=O) groups is 1. The second-order valence-electron chi connectivity index (χ2n) is 5.34. The number of amides is 1. The first-order chi connectivity index (χ1) is 10.4. The number of carbonyl (C=O) groups excluding carboxylic acids is 1. The van der Waals surface area contributed by atoms with Gasteiger partial charge in [0.2, 0.25) is 0 Å². The lowest BCUT2D eigenvalue weighted by molar-refractivity contribution is 0.102. The smallest absolute Gasteiger partial charge is 0.255 e. The molecule has 0 aliphatic carbocycles. The number of hydrogen-bond acceptors (Lipinski definition) is 3. The Hall–Kier alpha value is -2.01. The predicted octanol–water partition coefficient (Wildman–Crippen LogP) is 4.38. The minimum atomic E-state index is -0.176. The average molecular weight is 363 g/mol. The molecule has 0 radical (unpaired) electrons. The zero-order valence-electron chi connectivity index (χ0n) is 12.8. The molecule has 0 spiro atoms. The quantitative estimate of drug-likeness (QED) is 0.793. The molecule has 3 N–H and O–H groups in total. The molecular formula is C17H19BrN2O2. The summed E-state index contributed by atoms with van der Waals surface area (Å²) >= 11 is 3.42. The van der Waals surface area contributed by atoms with Gasteiger partial charge >= 0.3 is 0 Å². The molecule has 0 heterocycles. The number of benzene rings is 2. The van der Waals surface area contributed by atoms with Crippen molar-refractivity contribution >= 4 is 33.2 Å². The van der Waals surface area contributed by atoms with Gasteiger partial charge in [0, 0.05) is 15.7 Å². The summed E-state index contributed by atoms with van der Waals surface area (Å²) in [6.45, 7) is 5.82. The second-order valence-corrected chi connectivity index (χ2v) is 6.19. The number of ether oxygens (including phenoxy) is 1. The van der Waals surface area contributed by atoms with E-state index in [0.29, 0.717) is 11.3 Å². The Bertz CT molecular complexity index is 659. The molecule has 0 aromatic heterocycles. The van der Waals surface area contributed by atoms with Crippen LogP contribution in [-0.4, -0.2) is 12.0 Å². The van der Waals surface area contributed by atoms with Gasteiger partial charge in [0.05, 0.1) is 11.8 Å². The lowest BCUT2D eigenvalue weighted by Crippen LogP contribution is -2.13. The maximum atomic E-state index is 12.3. The molecule has 5 heteroatoms. The molecule has 116 valence electrons. The number of nitrogens with two attached hydrogens (primary N) is 1. The number of hydrogen-bond donors (Lipinski definition) is 2. The topological polar surface area (TPSA) is 64.3 Å². The molecule has 2 rings (SSSR count). The maximum Gasteiger partial charge on any atom is 0.255 e. The van der Waals surface area contributed by atoms with Gasteiger partial charge in [0.25, 0.3) is 5.91 Å². The van der Waals surface area contributed by atoms with Crippen LogP contribution in [0.4, 0.5) is 11.4 Å². The lowest BCUT2D eigenvalue weighted by Gasteiger charge is -2.13. The fourth-order valence-corrected chi connectivity index (χ4v) is 2.75. The van der Waals surface area contributed by atoms with E-state index in [1.165, 1.54) is 0 Å². The molecule has 0 aliphatic rings. The van der Waals surface area contributed by atoms with Crippen molar-refractivity contribution in [2.75, 3.05) is 11.1 Å². The molecule has 2 aromatic carbocycles. The largest absolute Gasteiger partial charge is 0.491 e. The van der Waals surface area contributed by atoms with Crippen molar-refractivity contribution in [3.63, 3.8) is 0 Å². The monoisotopic (exact) mass is 362 g/mol. The Balaban J connectivity index is 2.16. The van der Waals surface area contributed by atoms with Crippen molar-refractivity contribution in [1.82, 2.24) is 0 Å². The Labute approximate surface area is 138 Å². The summed E-state index contributed by atoms with van der Waals surface area (Å²) in [7, 11) is 0. The van der Waals surface area contributed by atoms with Crippen LogP contribution in [0.3, 0.4) is 0 Å². The van der Waals surface area contributed by atoms with Gasteiger partial charge in [-0.05, 0) is 78.7 Å². The van der Waals surface area contributed by atoms with Gasteiger partial charge in [0.15, 0.2) is 0 Å². The molecular weight excluding hydrogens is 344 g/mol. The van der Waals surface area contributed by atoms with E-state index in [-0.39, 0.29) is 12.0 Å². The highest BCUT2D eigenvalue weighted by atomic mass is 79.9. The van der Waals surface area contributed by atoms with Crippen LogP contribution in [-0.2, 0) is 0 Å². The summed E-state index contributed by atoms with van der Waals surface area (Å²) in [4.78, 5) is 12.3. The van der Waals surface area contributed by atoms with Crippen LogP contribution in [0.1, 0.15) is 29.8 Å². The third-order valence-electron chi connectivity index (χ3n) is 3.04. The number of halogens is 1. The Morgan fingerprint density at radius 3 is 2.41 bits per heavy atom. The van der Waals surface area contributed by atoms with Crippen molar-refractivity contribution in [2.24, 2.45) is 0 Å². The zero-order chi connectivity index (χ0) is 16.3. The zero-order valence-corrected chi connectivity index (χ0v) is 14.4. The minimum Gasteiger partial charge on any atom is -0.491 e. The minimum absolute atomic E-state index is 0.105. The van der Waals surface area contributed by atoms with Crippen LogP contribution < -0.4 is 15.8 Å². The summed E-state index contributed by atoms with van der Waals surface area (Å²) in [5, 5.41) is 2.90. The van der Waals surface area contributed by atoms with Crippen LogP contribution in [0.2, 0.25) is 0 Å². The summed E-state index contributed by atoms with van der Waals surface area (Å²) in [6.07, 6.45) is 0.105. The summed E-state index contributed by atoms with van der Waals surface area (Å²) < 4.78 is 6.33. The van der Waals surface area contributed by atoms with Gasteiger partial charge < -0.3 is 15.8 Å². The van der Waals surface area contributed by atoms with Gasteiger partial charge in [-0.15, -0.1) is 0 Å². The Kier molecular flexibility index (Phi) is 5.08. The number of aryl methyl sites for hydroxylation is 1. The highest BCUT2D eigenvalue weighted by molar-refractivity contribution is 9.10. The molecule has 0 saturated heterocycles. The number of rotatable bonds is 4. The van der Waals surface area contributed by atoms with E-state index in [4.69, 9.17) is 10.5 Å². The fraction of sp³-hybridized carbons (Fsp3) is 0.235. The number of anilines is 2. The van der Waals surface area contributed by atoms with Crippen LogP contribution in [0.15, 0.2) is 40.9 Å². The van der Waals surface area contributed by atoms with E-state index in [9.17, 15) is 4.79 Å². The molecule has 0 bridgehead atoms. The van der Waals surface area contributed by atoms with Crippen LogP contribution in [0.25, 0.3) is 0 Å². The third kappa shape index (κ3) is 4.01. The molecule has 0 fully saturated rings. The Morgan fingerprint density at radius 1 is 1.23 bits per heavy atom. The van der Waals surface area contributed by atoms with Gasteiger partial charge in [-0.2, -0.15) is 0 Å². The first kappa shape index (κ1) is 16.4. The van der Waals surface area contributed by atoms with Crippen molar-refractivity contribution < 1.29 is 9.53 Å². The van der Waals surface area contributed by atoms with Gasteiger partial charge in [-0.25, -0.2) is 0 Å². The molecule has 22 heavy (non-hydrogen) atoms. The fourth-order valence-electron chi connectivity index (χ4n) is 2.07. The second kappa shape index (κ2) is 6.83. The third-order valence-corrected chi connectivity index (χ3v) is 3.66. The van der Waals surface area contributed by atoms with E-state index in [2.05, 4.69) is 21.2 Å². The van der Waals surface area contributed by atoms with Crippen LogP contribution >= 0.6 is 15.9 Å². The normalized spacial score (nSPS) is 10.6. The standard InChI is InChI=1S/C17H19BrN2O2/c1-10(2)22-14-6-4-12(5-7-14)17(21)20-16-11(3)8-13(19)9-15(16)18/h4-10H,19H2,1-3H3,(H,20,21). The maximum absolute atomic E-state index is 12.3. The van der Waals surface area contributed by atoms with E-state index in [0.717, 1.165) is 21.5 Å². The molecule has 1 amide bonds. The van der Waals surface area contributed by atoms with E-state index >= 15 is 0 Å². The van der Waals surface area contributed by atoms with Crippen LogP contribution in [0.5, 0.6) is 5.75 Å². The first-order valence-electron chi connectivity index (χ1n) is 7.00. The van der Waals surface area contributed by atoms with E-state index in [1.807, 2.05) is 26.8 Å². The summed E-state index contributed by atoms with van der Waals surface area (Å²) in [6, 6.07) is 10.7. The predicted molar refractivity (Wildman–Crippen MR) is 93.5 cm³/mol. The van der Waals surface area contributed by atoms with Gasteiger partial charge in [-0.1, -0.05) is 0 Å². The molecule has 0 aliphatic heterocycles. The molecule has 0 atom stereocenters. The molecule has 2 aromatic rings. The molecule has 4 nitrogen and oxygen atoms in total. The Morgan fingerprint density at radius 2 is 1.86 bits per heavy atom. The SMILES string of the molecule is Cc1cc(N)cc(Br)c1NC(=O)c1ccc(OC(C)C)cc1. The summed E-state index contributed by atoms with van der Waals surface area (Å²) in [5.41, 5.74) is 8.62. The van der Waals surface area contributed by atoms with Gasteiger partial charge in [0.1, 0.15) is 5.75 Å². The van der Waals surface area contributed by atoms with Gasteiger partial charge in [-0.3, -0.25) is 4.79 Å². The van der Waals surface area contributed by atoms with Crippen molar-refractivity contribution in [3.05, 3.63) is 52.0 Å². The van der Waals surface area contributed by atoms with Crippen molar-refractivity contribution in [2.45, 2.75) is 26.9 Å². The highest BCUT2D eigenvalue weighted by Crippen LogP contribution is 2.29.